The summed E-state index contributed by atoms with van der Waals surface area (Å²) in [5.41, 5.74) is 3.01. The predicted molar refractivity (Wildman–Crippen MR) is 135 cm³/mol. The second-order valence-corrected chi connectivity index (χ2v) is 8.96. The molecule has 0 radical (unpaired) electrons. The lowest BCUT2D eigenvalue weighted by Crippen LogP contribution is -2.52. The third-order valence-corrected chi connectivity index (χ3v) is 5.50. The van der Waals surface area contributed by atoms with E-state index in [0.717, 1.165) is 16.7 Å². The Morgan fingerprint density at radius 1 is 0.882 bits per heavy atom. The Morgan fingerprint density at radius 2 is 1.53 bits per heavy atom. The summed E-state index contributed by atoms with van der Waals surface area (Å²) in [7, 11) is 0. The molecule has 0 saturated heterocycles. The van der Waals surface area contributed by atoms with E-state index in [2.05, 4.69) is 19.2 Å². The fourth-order valence-corrected chi connectivity index (χ4v) is 3.69. The zero-order valence-electron chi connectivity index (χ0n) is 20.2. The summed E-state index contributed by atoms with van der Waals surface area (Å²) >= 11 is 0. The van der Waals surface area contributed by atoms with Crippen LogP contribution >= 0.6 is 0 Å². The van der Waals surface area contributed by atoms with Gasteiger partial charge in [-0.25, -0.2) is 0 Å². The quantitative estimate of drug-likeness (QED) is 0.450. The Morgan fingerprint density at radius 3 is 2.15 bits per heavy atom. The van der Waals surface area contributed by atoms with Crippen molar-refractivity contribution < 1.29 is 14.3 Å². The molecular formula is C29H34N2O3. The van der Waals surface area contributed by atoms with Crippen molar-refractivity contribution in [3.63, 3.8) is 0 Å². The highest BCUT2D eigenvalue weighted by Gasteiger charge is 2.30. The van der Waals surface area contributed by atoms with Crippen LogP contribution in [0.2, 0.25) is 0 Å². The molecule has 3 aromatic rings. The Balaban J connectivity index is 1.87. The third-order valence-electron chi connectivity index (χ3n) is 5.50. The SMILES string of the molecule is Cc1cccc(OCC(=O)N(Cc2ccccc2)C(Cc2ccccc2)C(=O)NCC(C)C)c1. The number of nitrogens with one attached hydrogen (secondary N) is 1. The van der Waals surface area contributed by atoms with E-state index in [0.29, 0.717) is 31.2 Å². The largest absolute Gasteiger partial charge is 0.484 e. The van der Waals surface area contributed by atoms with Crippen LogP contribution in [0, 0.1) is 12.8 Å². The molecule has 0 aliphatic rings. The number of hydrogen-bond acceptors (Lipinski definition) is 3. The minimum absolute atomic E-state index is 0.140. The molecule has 0 aliphatic heterocycles. The molecule has 0 fully saturated rings. The minimum Gasteiger partial charge on any atom is -0.484 e. The van der Waals surface area contributed by atoms with Gasteiger partial charge in [-0.3, -0.25) is 9.59 Å². The molecule has 1 N–H and O–H groups in total. The van der Waals surface area contributed by atoms with E-state index in [1.54, 1.807) is 4.90 Å². The first-order valence-electron chi connectivity index (χ1n) is 11.8. The van der Waals surface area contributed by atoms with Crippen LogP contribution in [-0.4, -0.2) is 35.9 Å². The molecule has 0 spiro atoms. The number of hydrogen-bond donors (Lipinski definition) is 1. The zero-order valence-corrected chi connectivity index (χ0v) is 20.2. The normalized spacial score (nSPS) is 11.6. The lowest BCUT2D eigenvalue weighted by atomic mass is 10.0. The highest BCUT2D eigenvalue weighted by atomic mass is 16.5. The second kappa shape index (κ2) is 12.6. The summed E-state index contributed by atoms with van der Waals surface area (Å²) in [6.45, 7) is 6.81. The number of benzene rings is 3. The van der Waals surface area contributed by atoms with Crippen molar-refractivity contribution >= 4 is 11.8 Å². The van der Waals surface area contributed by atoms with Gasteiger partial charge in [0.1, 0.15) is 11.8 Å². The van der Waals surface area contributed by atoms with Crippen LogP contribution in [0.1, 0.15) is 30.5 Å². The molecule has 5 nitrogen and oxygen atoms in total. The van der Waals surface area contributed by atoms with Gasteiger partial charge >= 0.3 is 0 Å². The molecule has 0 aromatic heterocycles. The van der Waals surface area contributed by atoms with Gasteiger partial charge in [0.2, 0.25) is 5.91 Å². The van der Waals surface area contributed by atoms with Crippen LogP contribution in [0.15, 0.2) is 84.9 Å². The molecule has 3 aromatic carbocycles. The maximum atomic E-state index is 13.5. The van der Waals surface area contributed by atoms with Gasteiger partial charge in [-0.2, -0.15) is 0 Å². The number of ether oxygens (including phenoxy) is 1. The smallest absolute Gasteiger partial charge is 0.261 e. The van der Waals surface area contributed by atoms with E-state index in [1.807, 2.05) is 91.9 Å². The topological polar surface area (TPSA) is 58.6 Å². The molecule has 2 amide bonds. The molecule has 3 rings (SSSR count). The van der Waals surface area contributed by atoms with Crippen LogP contribution in [0.25, 0.3) is 0 Å². The predicted octanol–water partition coefficient (Wildman–Crippen LogP) is 4.79. The monoisotopic (exact) mass is 458 g/mol. The van der Waals surface area contributed by atoms with Crippen molar-refractivity contribution in [2.24, 2.45) is 5.92 Å². The maximum absolute atomic E-state index is 13.5. The first-order chi connectivity index (χ1) is 16.4. The average Bonchev–Trinajstić information content (AvgIpc) is 2.84. The lowest BCUT2D eigenvalue weighted by Gasteiger charge is -2.31. The van der Waals surface area contributed by atoms with Gasteiger partial charge in [0.15, 0.2) is 6.61 Å². The van der Waals surface area contributed by atoms with Crippen LogP contribution in [0.5, 0.6) is 5.75 Å². The highest BCUT2D eigenvalue weighted by molar-refractivity contribution is 5.88. The van der Waals surface area contributed by atoms with Crippen molar-refractivity contribution in [2.45, 2.75) is 39.8 Å². The molecular weight excluding hydrogens is 424 g/mol. The van der Waals surface area contributed by atoms with Crippen LogP contribution in [0.3, 0.4) is 0 Å². The minimum atomic E-state index is -0.657. The molecule has 1 atom stereocenters. The Hall–Kier alpha value is -3.60. The Labute approximate surface area is 202 Å². The first kappa shape index (κ1) is 25.0. The summed E-state index contributed by atoms with van der Waals surface area (Å²) < 4.78 is 5.82. The van der Waals surface area contributed by atoms with Gasteiger partial charge in [0.25, 0.3) is 5.91 Å². The van der Waals surface area contributed by atoms with Gasteiger partial charge < -0.3 is 15.0 Å². The van der Waals surface area contributed by atoms with Crippen LogP contribution in [-0.2, 0) is 22.6 Å². The van der Waals surface area contributed by atoms with Crippen molar-refractivity contribution in [3.8, 4) is 5.75 Å². The van der Waals surface area contributed by atoms with Crippen LogP contribution < -0.4 is 10.1 Å². The van der Waals surface area contributed by atoms with Crippen molar-refractivity contribution in [3.05, 3.63) is 102 Å². The standard InChI is InChI=1S/C29H34N2O3/c1-22(2)19-30-29(33)27(18-24-12-6-4-7-13-24)31(20-25-14-8-5-9-15-25)28(32)21-34-26-16-10-11-23(3)17-26/h4-17,22,27H,18-21H2,1-3H3,(H,30,33). The number of aryl methyl sites for hydroxylation is 1. The average molecular weight is 459 g/mol. The molecule has 0 heterocycles. The summed E-state index contributed by atoms with van der Waals surface area (Å²) in [5, 5.41) is 3.03. The molecule has 178 valence electrons. The van der Waals surface area contributed by atoms with Gasteiger partial charge in [-0.1, -0.05) is 86.6 Å². The number of nitrogens with zero attached hydrogens (tertiary/aromatic N) is 1. The van der Waals surface area contributed by atoms with E-state index in [9.17, 15) is 9.59 Å². The third kappa shape index (κ3) is 7.77. The molecule has 0 aliphatic carbocycles. The van der Waals surface area contributed by atoms with Crippen molar-refractivity contribution in [1.29, 1.82) is 0 Å². The van der Waals surface area contributed by atoms with E-state index in [1.165, 1.54) is 0 Å². The van der Waals surface area contributed by atoms with Crippen molar-refractivity contribution in [2.75, 3.05) is 13.2 Å². The summed E-state index contributed by atoms with van der Waals surface area (Å²) in [6.07, 6.45) is 0.424. The lowest BCUT2D eigenvalue weighted by molar-refractivity contribution is -0.142. The van der Waals surface area contributed by atoms with E-state index in [4.69, 9.17) is 4.74 Å². The van der Waals surface area contributed by atoms with E-state index >= 15 is 0 Å². The second-order valence-electron chi connectivity index (χ2n) is 8.96. The number of amides is 2. The fourth-order valence-electron chi connectivity index (χ4n) is 3.69. The van der Waals surface area contributed by atoms with E-state index < -0.39 is 6.04 Å². The summed E-state index contributed by atoms with van der Waals surface area (Å²) in [6, 6.07) is 26.5. The Kier molecular flexibility index (Phi) is 9.27. The van der Waals surface area contributed by atoms with Crippen molar-refractivity contribution in [1.82, 2.24) is 10.2 Å². The molecule has 5 heteroatoms. The molecule has 34 heavy (non-hydrogen) atoms. The molecule has 0 bridgehead atoms. The number of rotatable bonds is 11. The molecule has 0 saturated carbocycles. The van der Waals surface area contributed by atoms with Gasteiger partial charge in [-0.15, -0.1) is 0 Å². The highest BCUT2D eigenvalue weighted by Crippen LogP contribution is 2.17. The van der Waals surface area contributed by atoms with Gasteiger partial charge in [0.05, 0.1) is 0 Å². The van der Waals surface area contributed by atoms with Crippen LogP contribution in [0.4, 0.5) is 0 Å². The maximum Gasteiger partial charge on any atom is 0.261 e. The van der Waals surface area contributed by atoms with Gasteiger partial charge in [0, 0.05) is 19.5 Å². The summed E-state index contributed by atoms with van der Waals surface area (Å²) in [5.74, 6) is 0.560. The first-order valence-corrected chi connectivity index (χ1v) is 11.8. The summed E-state index contributed by atoms with van der Waals surface area (Å²) in [4.78, 5) is 28.5. The van der Waals surface area contributed by atoms with E-state index in [-0.39, 0.29) is 18.4 Å². The Bertz CT molecular complexity index is 1050. The number of carbonyl (C=O) groups excluding carboxylic acids is 2. The van der Waals surface area contributed by atoms with Gasteiger partial charge in [-0.05, 0) is 41.7 Å². The number of carbonyl (C=O) groups is 2. The zero-order chi connectivity index (χ0) is 24.3. The fraction of sp³-hybridized carbons (Fsp3) is 0.310. The molecule has 1 unspecified atom stereocenters.